The van der Waals surface area contributed by atoms with Crippen LogP contribution >= 0.6 is 0 Å². The van der Waals surface area contributed by atoms with E-state index in [0.717, 1.165) is 4.68 Å². The van der Waals surface area contributed by atoms with Crippen LogP contribution < -0.4 is 0 Å². The zero-order valence-electron chi connectivity index (χ0n) is 15.0. The van der Waals surface area contributed by atoms with Gasteiger partial charge in [-0.1, -0.05) is 0 Å². The molecule has 0 amide bonds. The maximum absolute atomic E-state index is 12.0. The Balaban J connectivity index is 0.000000283. The van der Waals surface area contributed by atoms with Gasteiger partial charge in [-0.15, -0.1) is 0 Å². The number of esters is 1. The van der Waals surface area contributed by atoms with E-state index in [1.165, 1.54) is 29.2 Å². The highest BCUT2D eigenvalue weighted by Crippen LogP contribution is 2.07. The van der Waals surface area contributed by atoms with Gasteiger partial charge < -0.3 is 9.84 Å². The van der Waals surface area contributed by atoms with Crippen molar-refractivity contribution < 1.29 is 37.0 Å². The molecule has 8 nitrogen and oxygen atoms in total. The fourth-order valence-electron chi connectivity index (χ4n) is 2.02. The molecule has 0 aliphatic carbocycles. The number of alkyl halides is 4. The average molecular weight is 408 g/mol. The summed E-state index contributed by atoms with van der Waals surface area (Å²) in [6.07, 6.45) is -2.89. The van der Waals surface area contributed by atoms with Crippen LogP contribution in [0.25, 0.3) is 0 Å². The quantitative estimate of drug-likeness (QED) is 0.506. The van der Waals surface area contributed by atoms with Crippen molar-refractivity contribution >= 4 is 11.9 Å². The third-order valence-corrected chi connectivity index (χ3v) is 3.26. The molecule has 0 saturated heterocycles. The highest BCUT2D eigenvalue weighted by Gasteiger charge is 2.14. The van der Waals surface area contributed by atoms with Gasteiger partial charge in [-0.2, -0.15) is 10.2 Å². The number of carboxylic acids is 1. The molecular weight excluding hydrogens is 388 g/mol. The molecule has 0 aromatic carbocycles. The Kier molecular flexibility index (Phi) is 9.68. The summed E-state index contributed by atoms with van der Waals surface area (Å²) in [5, 5.41) is 16.0. The van der Waals surface area contributed by atoms with Crippen LogP contribution in [-0.2, 0) is 17.8 Å². The largest absolute Gasteiger partial charge is 0.477 e. The van der Waals surface area contributed by atoms with Gasteiger partial charge in [-0.3, -0.25) is 9.36 Å². The molecule has 0 aliphatic heterocycles. The molecule has 0 saturated carbocycles. The molecule has 156 valence electrons. The van der Waals surface area contributed by atoms with Gasteiger partial charge in [0, 0.05) is 38.3 Å². The standard InChI is InChI=1S/C9H12F2N2O2.C7H8F2N2O2/c1-2-15-9(14)7-3-5-12-13(7)6-4-8(10)11;8-6(9)2-4-11-5(7(12)13)1-3-10-11/h3,5,8H,2,4,6H2,1H3;1,3,6H,2,4H2,(H,12,13). The first kappa shape index (κ1) is 23.1. The van der Waals surface area contributed by atoms with E-state index in [0.29, 0.717) is 0 Å². The number of nitrogens with zero attached hydrogens (tertiary/aromatic N) is 4. The highest BCUT2D eigenvalue weighted by molar-refractivity contribution is 5.87. The van der Waals surface area contributed by atoms with Crippen LogP contribution in [0.1, 0.15) is 40.7 Å². The third kappa shape index (κ3) is 7.76. The van der Waals surface area contributed by atoms with E-state index < -0.39 is 24.8 Å². The molecule has 2 rings (SSSR count). The Bertz CT molecular complexity index is 749. The number of aromatic nitrogens is 4. The number of carbonyl (C=O) groups is 2. The Morgan fingerprint density at radius 1 is 1.00 bits per heavy atom. The second-order valence-electron chi connectivity index (χ2n) is 5.26. The number of aryl methyl sites for hydroxylation is 2. The van der Waals surface area contributed by atoms with Gasteiger partial charge in [-0.05, 0) is 19.1 Å². The molecule has 12 heteroatoms. The first-order chi connectivity index (χ1) is 13.3. The van der Waals surface area contributed by atoms with Crippen LogP contribution in [-0.4, -0.2) is 56.1 Å². The van der Waals surface area contributed by atoms with Crippen LogP contribution in [0.3, 0.4) is 0 Å². The lowest BCUT2D eigenvalue weighted by atomic mass is 10.4. The van der Waals surface area contributed by atoms with Crippen LogP contribution in [0.4, 0.5) is 17.6 Å². The lowest BCUT2D eigenvalue weighted by Gasteiger charge is -2.06. The zero-order chi connectivity index (χ0) is 21.1. The maximum atomic E-state index is 12.0. The molecule has 2 aromatic heterocycles. The summed E-state index contributed by atoms with van der Waals surface area (Å²) in [7, 11) is 0. The van der Waals surface area contributed by atoms with Crippen LogP contribution in [0.15, 0.2) is 24.5 Å². The number of hydrogen-bond acceptors (Lipinski definition) is 5. The number of rotatable bonds is 9. The highest BCUT2D eigenvalue weighted by atomic mass is 19.3. The molecule has 0 fully saturated rings. The Morgan fingerprint density at radius 2 is 1.46 bits per heavy atom. The summed E-state index contributed by atoms with van der Waals surface area (Å²) in [6, 6.07) is 2.72. The van der Waals surface area contributed by atoms with Crippen molar-refractivity contribution in [1.82, 2.24) is 19.6 Å². The summed E-state index contributed by atoms with van der Waals surface area (Å²) >= 11 is 0. The SMILES string of the molecule is CCOC(=O)c1ccnn1CCC(F)F.O=C(O)c1ccnn1CCC(F)F. The molecule has 0 spiro atoms. The van der Waals surface area contributed by atoms with Crippen LogP contribution in [0.2, 0.25) is 0 Å². The summed E-state index contributed by atoms with van der Waals surface area (Å²) in [5.74, 6) is -1.70. The topological polar surface area (TPSA) is 99.2 Å². The second-order valence-corrected chi connectivity index (χ2v) is 5.26. The predicted molar refractivity (Wildman–Crippen MR) is 88.6 cm³/mol. The Hall–Kier alpha value is -2.92. The minimum atomic E-state index is -2.44. The van der Waals surface area contributed by atoms with Crippen LogP contribution in [0, 0.1) is 0 Å². The van der Waals surface area contributed by atoms with Gasteiger partial charge in [0.1, 0.15) is 11.4 Å². The van der Waals surface area contributed by atoms with E-state index in [1.807, 2.05) is 0 Å². The smallest absolute Gasteiger partial charge is 0.356 e. The van der Waals surface area contributed by atoms with Crippen molar-refractivity contribution in [3.05, 3.63) is 35.9 Å². The molecule has 0 aliphatic rings. The normalized spacial score (nSPS) is 10.7. The zero-order valence-corrected chi connectivity index (χ0v) is 15.0. The molecule has 1 N–H and O–H groups in total. The molecule has 0 radical (unpaired) electrons. The number of aromatic carboxylic acids is 1. The number of ether oxygens (including phenoxy) is 1. The molecule has 2 aromatic rings. The van der Waals surface area contributed by atoms with Gasteiger partial charge in [0.25, 0.3) is 0 Å². The first-order valence-corrected chi connectivity index (χ1v) is 8.26. The van der Waals surface area contributed by atoms with E-state index in [4.69, 9.17) is 9.84 Å². The Morgan fingerprint density at radius 3 is 1.89 bits per heavy atom. The Labute approximate surface area is 157 Å². The molecule has 0 bridgehead atoms. The van der Waals surface area contributed by atoms with Gasteiger partial charge in [0.15, 0.2) is 0 Å². The molecular formula is C16H20F4N4O4. The number of carbonyl (C=O) groups excluding carboxylic acids is 1. The molecule has 0 unspecified atom stereocenters. The second kappa shape index (κ2) is 11.7. The van der Waals surface area contributed by atoms with E-state index in [1.54, 1.807) is 6.92 Å². The van der Waals surface area contributed by atoms with E-state index in [2.05, 4.69) is 10.2 Å². The lowest BCUT2D eigenvalue weighted by Crippen LogP contribution is -2.14. The summed E-state index contributed by atoms with van der Waals surface area (Å²) in [6.45, 7) is 1.86. The van der Waals surface area contributed by atoms with Gasteiger partial charge in [-0.25, -0.2) is 27.2 Å². The summed E-state index contributed by atoms with van der Waals surface area (Å²) in [4.78, 5) is 21.8. The number of hydrogen-bond donors (Lipinski definition) is 1. The summed E-state index contributed by atoms with van der Waals surface area (Å²) < 4.78 is 54.5. The van der Waals surface area contributed by atoms with E-state index in [-0.39, 0.29) is 43.9 Å². The summed E-state index contributed by atoms with van der Waals surface area (Å²) in [5.41, 5.74) is 0.137. The monoisotopic (exact) mass is 408 g/mol. The van der Waals surface area contributed by atoms with Crippen molar-refractivity contribution in [1.29, 1.82) is 0 Å². The third-order valence-electron chi connectivity index (χ3n) is 3.26. The van der Waals surface area contributed by atoms with Gasteiger partial charge >= 0.3 is 11.9 Å². The lowest BCUT2D eigenvalue weighted by molar-refractivity contribution is 0.0507. The fraction of sp³-hybridized carbons (Fsp3) is 0.500. The van der Waals surface area contributed by atoms with Crippen molar-refractivity contribution in [3.63, 3.8) is 0 Å². The minimum absolute atomic E-state index is 0.0127. The van der Waals surface area contributed by atoms with Gasteiger partial charge in [0.05, 0.1) is 6.61 Å². The van der Waals surface area contributed by atoms with E-state index in [9.17, 15) is 27.2 Å². The molecule has 0 atom stereocenters. The first-order valence-electron chi connectivity index (χ1n) is 8.26. The maximum Gasteiger partial charge on any atom is 0.356 e. The fourth-order valence-corrected chi connectivity index (χ4v) is 2.02. The molecule has 28 heavy (non-hydrogen) atoms. The van der Waals surface area contributed by atoms with Crippen molar-refractivity contribution in [2.24, 2.45) is 0 Å². The minimum Gasteiger partial charge on any atom is -0.477 e. The number of halogens is 4. The van der Waals surface area contributed by atoms with Crippen molar-refractivity contribution in [2.75, 3.05) is 6.61 Å². The van der Waals surface area contributed by atoms with Gasteiger partial charge in [0.2, 0.25) is 12.9 Å². The van der Waals surface area contributed by atoms with Crippen molar-refractivity contribution in [2.45, 2.75) is 45.7 Å². The average Bonchev–Trinajstić information content (AvgIpc) is 3.28. The molecule has 2 heterocycles. The van der Waals surface area contributed by atoms with Crippen molar-refractivity contribution in [3.8, 4) is 0 Å². The van der Waals surface area contributed by atoms with Crippen LogP contribution in [0.5, 0.6) is 0 Å². The van der Waals surface area contributed by atoms with E-state index >= 15 is 0 Å². The number of carboxylic acid groups (broad SMARTS) is 1. The predicted octanol–water partition coefficient (Wildman–Crippen LogP) is 2.95.